The Morgan fingerprint density at radius 2 is 1.94 bits per heavy atom. The smallest absolute Gasteiger partial charge is 0.178 e. The predicted molar refractivity (Wildman–Crippen MR) is 67.5 cm³/mol. The number of anilines is 1. The van der Waals surface area contributed by atoms with Crippen molar-refractivity contribution in [2.24, 2.45) is 5.73 Å². The molecular formula is C8H14Cl2N6. The molecule has 0 aliphatic rings. The largest absolute Gasteiger partial charge is 0.361 e. The maximum Gasteiger partial charge on any atom is 0.178 e. The molecule has 0 fully saturated rings. The molecule has 2 heterocycles. The summed E-state index contributed by atoms with van der Waals surface area (Å²) >= 11 is 0. The van der Waals surface area contributed by atoms with E-state index >= 15 is 0 Å². The second kappa shape index (κ2) is 5.83. The quantitative estimate of drug-likeness (QED) is 0.855. The van der Waals surface area contributed by atoms with Gasteiger partial charge in [-0.2, -0.15) is 4.52 Å². The Labute approximate surface area is 106 Å². The lowest BCUT2D eigenvalue weighted by Gasteiger charge is -2.10. The van der Waals surface area contributed by atoms with Crippen LogP contribution < -0.4 is 10.6 Å². The van der Waals surface area contributed by atoms with Gasteiger partial charge in [-0.25, -0.2) is 0 Å². The molecule has 0 bridgehead atoms. The highest BCUT2D eigenvalue weighted by atomic mass is 35.5. The van der Waals surface area contributed by atoms with E-state index in [9.17, 15) is 0 Å². The fourth-order valence-corrected chi connectivity index (χ4v) is 1.19. The number of nitrogens with two attached hydrogens (primary N) is 1. The molecule has 6 nitrogen and oxygen atoms in total. The lowest BCUT2D eigenvalue weighted by Crippen LogP contribution is -2.13. The van der Waals surface area contributed by atoms with Crippen molar-refractivity contribution in [2.75, 3.05) is 19.0 Å². The highest BCUT2D eigenvalue weighted by Crippen LogP contribution is 2.08. The Kier molecular flexibility index (Phi) is 5.43. The number of nitrogens with zero attached hydrogens (tertiary/aromatic N) is 5. The standard InChI is InChI=1S/C8H12N6.2ClH/c1-13(2)7-4-3-6-10-11-8(5-9)14(6)12-7;;/h3-4H,5,9H2,1-2H3;2*1H. The topological polar surface area (TPSA) is 72.3 Å². The van der Waals surface area contributed by atoms with Crippen molar-refractivity contribution in [3.05, 3.63) is 18.0 Å². The molecule has 2 aromatic rings. The zero-order chi connectivity index (χ0) is 10.1. The van der Waals surface area contributed by atoms with Crippen LogP contribution in [0, 0.1) is 0 Å². The van der Waals surface area contributed by atoms with Gasteiger partial charge in [0.15, 0.2) is 11.5 Å². The van der Waals surface area contributed by atoms with Gasteiger partial charge in [0.2, 0.25) is 0 Å². The molecule has 0 unspecified atom stereocenters. The third kappa shape index (κ3) is 2.52. The summed E-state index contributed by atoms with van der Waals surface area (Å²) in [4.78, 5) is 1.92. The molecular weight excluding hydrogens is 251 g/mol. The van der Waals surface area contributed by atoms with Crippen LogP contribution in [0.25, 0.3) is 5.65 Å². The molecule has 0 aromatic carbocycles. The second-order valence-corrected chi connectivity index (χ2v) is 3.18. The highest BCUT2D eigenvalue weighted by molar-refractivity contribution is 5.85. The van der Waals surface area contributed by atoms with E-state index in [1.165, 1.54) is 0 Å². The number of halogens is 2. The Morgan fingerprint density at radius 3 is 2.50 bits per heavy atom. The number of fused-ring (bicyclic) bond motifs is 1. The number of aromatic nitrogens is 4. The average molecular weight is 265 g/mol. The molecule has 0 amide bonds. The predicted octanol–water partition coefficient (Wildman–Crippen LogP) is 0.493. The summed E-state index contributed by atoms with van der Waals surface area (Å²) in [5.41, 5.74) is 6.23. The molecule has 0 aliphatic carbocycles. The Bertz CT molecular complexity index is 455. The van der Waals surface area contributed by atoms with E-state index in [-0.39, 0.29) is 24.8 Å². The van der Waals surface area contributed by atoms with Gasteiger partial charge in [-0.3, -0.25) is 0 Å². The van der Waals surface area contributed by atoms with E-state index in [4.69, 9.17) is 5.73 Å². The van der Waals surface area contributed by atoms with Crippen LogP contribution in [0.4, 0.5) is 5.82 Å². The van der Waals surface area contributed by atoms with Crippen LogP contribution in [-0.4, -0.2) is 33.9 Å². The fraction of sp³-hybridized carbons (Fsp3) is 0.375. The molecule has 2 N–H and O–H groups in total. The molecule has 2 aromatic heterocycles. The molecule has 0 aliphatic heterocycles. The lowest BCUT2D eigenvalue weighted by atomic mass is 10.5. The van der Waals surface area contributed by atoms with Gasteiger partial charge in [-0.1, -0.05) is 0 Å². The van der Waals surface area contributed by atoms with Gasteiger partial charge in [0.25, 0.3) is 0 Å². The van der Waals surface area contributed by atoms with Gasteiger partial charge in [-0.05, 0) is 12.1 Å². The fourth-order valence-electron chi connectivity index (χ4n) is 1.19. The first-order chi connectivity index (χ1) is 6.72. The van der Waals surface area contributed by atoms with Crippen LogP contribution in [0.3, 0.4) is 0 Å². The molecule has 8 heteroatoms. The van der Waals surface area contributed by atoms with Crippen molar-refractivity contribution in [2.45, 2.75) is 6.54 Å². The van der Waals surface area contributed by atoms with Crippen molar-refractivity contribution in [1.82, 2.24) is 19.8 Å². The van der Waals surface area contributed by atoms with Gasteiger partial charge in [0.1, 0.15) is 5.82 Å². The monoisotopic (exact) mass is 264 g/mol. The maximum absolute atomic E-state index is 5.51. The van der Waals surface area contributed by atoms with E-state index in [2.05, 4.69) is 15.3 Å². The van der Waals surface area contributed by atoms with E-state index < -0.39 is 0 Å². The lowest BCUT2D eigenvalue weighted by molar-refractivity contribution is 0.800. The minimum Gasteiger partial charge on any atom is -0.361 e. The van der Waals surface area contributed by atoms with E-state index in [1.54, 1.807) is 4.52 Å². The molecule has 0 radical (unpaired) electrons. The van der Waals surface area contributed by atoms with Crippen LogP contribution in [0.1, 0.15) is 5.82 Å². The molecule has 2 rings (SSSR count). The van der Waals surface area contributed by atoms with Crippen LogP contribution in [0.2, 0.25) is 0 Å². The summed E-state index contributed by atoms with van der Waals surface area (Å²) in [7, 11) is 3.86. The number of hydrogen-bond acceptors (Lipinski definition) is 5. The average Bonchev–Trinajstić information content (AvgIpc) is 2.59. The summed E-state index contributed by atoms with van der Waals surface area (Å²) in [5.74, 6) is 1.52. The van der Waals surface area contributed by atoms with E-state index in [1.807, 2.05) is 31.1 Å². The first kappa shape index (κ1) is 14.9. The van der Waals surface area contributed by atoms with E-state index in [0.29, 0.717) is 12.4 Å². The van der Waals surface area contributed by atoms with Gasteiger partial charge in [-0.15, -0.1) is 40.1 Å². The number of hydrogen-bond donors (Lipinski definition) is 1. The minimum absolute atomic E-state index is 0. The van der Waals surface area contributed by atoms with E-state index in [0.717, 1.165) is 11.5 Å². The van der Waals surface area contributed by atoms with Crippen LogP contribution in [-0.2, 0) is 6.54 Å². The third-order valence-corrected chi connectivity index (χ3v) is 1.95. The van der Waals surface area contributed by atoms with Gasteiger partial charge in [0.05, 0.1) is 6.54 Å². The molecule has 0 spiro atoms. The van der Waals surface area contributed by atoms with Crippen molar-refractivity contribution in [1.29, 1.82) is 0 Å². The summed E-state index contributed by atoms with van der Waals surface area (Å²) in [6.45, 7) is 0.338. The first-order valence-corrected chi connectivity index (χ1v) is 4.31. The normalized spacial score (nSPS) is 9.44. The minimum atomic E-state index is 0. The van der Waals surface area contributed by atoms with Crippen LogP contribution >= 0.6 is 24.8 Å². The Balaban J connectivity index is 0.00000112. The summed E-state index contributed by atoms with van der Waals surface area (Å²) in [6.07, 6.45) is 0. The zero-order valence-electron chi connectivity index (χ0n) is 8.99. The van der Waals surface area contributed by atoms with Gasteiger partial charge < -0.3 is 10.6 Å². The highest BCUT2D eigenvalue weighted by Gasteiger charge is 2.06. The first-order valence-electron chi connectivity index (χ1n) is 4.31. The molecule has 0 saturated heterocycles. The summed E-state index contributed by atoms with van der Waals surface area (Å²) in [6, 6.07) is 3.76. The molecule has 90 valence electrons. The van der Waals surface area contributed by atoms with Gasteiger partial charge >= 0.3 is 0 Å². The molecule has 0 atom stereocenters. The Hall–Kier alpha value is -1.11. The van der Waals surface area contributed by atoms with Crippen LogP contribution in [0.5, 0.6) is 0 Å². The van der Waals surface area contributed by atoms with Crippen molar-refractivity contribution in [3.8, 4) is 0 Å². The Morgan fingerprint density at radius 1 is 1.25 bits per heavy atom. The molecule has 16 heavy (non-hydrogen) atoms. The third-order valence-electron chi connectivity index (χ3n) is 1.95. The maximum atomic E-state index is 5.51. The summed E-state index contributed by atoms with van der Waals surface area (Å²) < 4.78 is 1.66. The summed E-state index contributed by atoms with van der Waals surface area (Å²) in [5, 5.41) is 12.2. The second-order valence-electron chi connectivity index (χ2n) is 3.18. The van der Waals surface area contributed by atoms with Gasteiger partial charge in [0, 0.05) is 14.1 Å². The van der Waals surface area contributed by atoms with Crippen LogP contribution in [0.15, 0.2) is 12.1 Å². The SMILES string of the molecule is CN(C)c1ccc2nnc(CN)n2n1.Cl.Cl. The van der Waals surface area contributed by atoms with Crippen molar-refractivity contribution < 1.29 is 0 Å². The number of rotatable bonds is 2. The van der Waals surface area contributed by atoms with Crippen molar-refractivity contribution in [3.63, 3.8) is 0 Å². The van der Waals surface area contributed by atoms with Crippen molar-refractivity contribution >= 4 is 36.3 Å². The zero-order valence-corrected chi connectivity index (χ0v) is 10.6. The molecule has 0 saturated carbocycles.